The number of likely N-dealkylation sites (N-methyl/N-ethyl adjacent to an activating group) is 1. The SMILES string of the molecule is CNC(C)C(=O)Nc1ncc(-c2ccccc2)n(CC(=O)OC2CCCc3ccccc32)c1=O. The molecule has 34 heavy (non-hydrogen) atoms. The van der Waals surface area contributed by atoms with Gasteiger partial charge in [-0.25, -0.2) is 4.98 Å². The fraction of sp³-hybridized carbons (Fsp3) is 0.308. The van der Waals surface area contributed by atoms with E-state index >= 15 is 0 Å². The first kappa shape index (κ1) is 23.4. The summed E-state index contributed by atoms with van der Waals surface area (Å²) >= 11 is 0. The lowest BCUT2D eigenvalue weighted by atomic mass is 9.89. The van der Waals surface area contributed by atoms with Crippen molar-refractivity contribution in [3.63, 3.8) is 0 Å². The van der Waals surface area contributed by atoms with Gasteiger partial charge in [0.25, 0.3) is 5.56 Å². The van der Waals surface area contributed by atoms with Gasteiger partial charge in [-0.15, -0.1) is 0 Å². The molecule has 4 rings (SSSR count). The number of benzene rings is 2. The minimum atomic E-state index is -0.570. The average molecular weight is 461 g/mol. The van der Waals surface area contributed by atoms with Gasteiger partial charge in [0.1, 0.15) is 12.6 Å². The van der Waals surface area contributed by atoms with Gasteiger partial charge in [0.05, 0.1) is 17.9 Å². The molecule has 0 spiro atoms. The fourth-order valence-corrected chi connectivity index (χ4v) is 4.08. The van der Waals surface area contributed by atoms with Crippen LogP contribution in [0.4, 0.5) is 5.82 Å². The van der Waals surface area contributed by atoms with Crippen LogP contribution in [0.3, 0.4) is 0 Å². The molecular formula is C26H28N4O4. The van der Waals surface area contributed by atoms with Gasteiger partial charge in [-0.2, -0.15) is 0 Å². The van der Waals surface area contributed by atoms with Crippen LogP contribution in [-0.2, 0) is 27.3 Å². The number of esters is 1. The Morgan fingerprint density at radius 1 is 1.15 bits per heavy atom. The number of aromatic nitrogens is 2. The third-order valence-electron chi connectivity index (χ3n) is 6.07. The van der Waals surface area contributed by atoms with Gasteiger partial charge in [-0.3, -0.25) is 19.0 Å². The monoisotopic (exact) mass is 460 g/mol. The number of nitrogens with zero attached hydrogens (tertiary/aromatic N) is 2. The van der Waals surface area contributed by atoms with Crippen LogP contribution in [0.25, 0.3) is 11.3 Å². The molecule has 0 aliphatic heterocycles. The molecule has 3 aromatic rings. The zero-order valence-electron chi connectivity index (χ0n) is 19.3. The van der Waals surface area contributed by atoms with E-state index in [4.69, 9.17) is 4.74 Å². The predicted octanol–water partition coefficient (Wildman–Crippen LogP) is 3.08. The number of amides is 1. The number of carbonyl (C=O) groups excluding carboxylic acids is 2. The van der Waals surface area contributed by atoms with Gasteiger partial charge >= 0.3 is 5.97 Å². The number of ether oxygens (including phenoxy) is 1. The van der Waals surface area contributed by atoms with Crippen molar-refractivity contribution in [1.82, 2.24) is 14.9 Å². The lowest BCUT2D eigenvalue weighted by Crippen LogP contribution is -2.38. The second-order valence-corrected chi connectivity index (χ2v) is 8.32. The van der Waals surface area contributed by atoms with Crippen molar-refractivity contribution < 1.29 is 14.3 Å². The molecule has 1 amide bonds. The van der Waals surface area contributed by atoms with Crippen molar-refractivity contribution in [2.75, 3.05) is 12.4 Å². The maximum absolute atomic E-state index is 13.3. The molecule has 8 nitrogen and oxygen atoms in total. The molecule has 0 saturated carbocycles. The van der Waals surface area contributed by atoms with Crippen LogP contribution in [0.2, 0.25) is 0 Å². The molecule has 2 atom stereocenters. The van der Waals surface area contributed by atoms with Crippen LogP contribution in [-0.4, -0.2) is 34.5 Å². The maximum Gasteiger partial charge on any atom is 0.326 e. The van der Waals surface area contributed by atoms with Crippen molar-refractivity contribution in [2.45, 2.75) is 44.9 Å². The van der Waals surface area contributed by atoms with Crippen LogP contribution in [0.15, 0.2) is 65.6 Å². The zero-order chi connectivity index (χ0) is 24.1. The molecular weight excluding hydrogens is 432 g/mol. The third kappa shape index (κ3) is 5.07. The van der Waals surface area contributed by atoms with Gasteiger partial charge in [0.15, 0.2) is 5.82 Å². The maximum atomic E-state index is 13.3. The van der Waals surface area contributed by atoms with E-state index in [1.807, 2.05) is 48.5 Å². The van der Waals surface area contributed by atoms with Crippen molar-refractivity contribution >= 4 is 17.7 Å². The smallest absolute Gasteiger partial charge is 0.326 e. The molecule has 0 saturated heterocycles. The fourth-order valence-electron chi connectivity index (χ4n) is 4.08. The van der Waals surface area contributed by atoms with Crippen LogP contribution in [0.1, 0.15) is 37.0 Å². The van der Waals surface area contributed by atoms with Crippen LogP contribution >= 0.6 is 0 Å². The summed E-state index contributed by atoms with van der Waals surface area (Å²) in [5, 5.41) is 5.37. The predicted molar refractivity (Wildman–Crippen MR) is 129 cm³/mol. The Balaban J connectivity index is 1.63. The van der Waals surface area contributed by atoms with E-state index in [9.17, 15) is 14.4 Å². The Hall–Kier alpha value is -3.78. The summed E-state index contributed by atoms with van der Waals surface area (Å²) in [6.07, 6.45) is 3.77. The summed E-state index contributed by atoms with van der Waals surface area (Å²) in [6, 6.07) is 16.6. The Bertz CT molecular complexity index is 1240. The molecule has 2 aromatic carbocycles. The highest BCUT2D eigenvalue weighted by Gasteiger charge is 2.25. The molecule has 8 heteroatoms. The number of hydrogen-bond acceptors (Lipinski definition) is 6. The Morgan fingerprint density at radius 2 is 1.88 bits per heavy atom. The van der Waals surface area contributed by atoms with Gasteiger partial charge in [-0.05, 0) is 49.9 Å². The minimum Gasteiger partial charge on any atom is -0.456 e. The van der Waals surface area contributed by atoms with E-state index in [0.29, 0.717) is 5.69 Å². The number of hydrogen-bond donors (Lipinski definition) is 2. The van der Waals surface area contributed by atoms with E-state index in [0.717, 1.165) is 30.4 Å². The minimum absolute atomic E-state index is 0.136. The summed E-state index contributed by atoms with van der Waals surface area (Å²) < 4.78 is 7.13. The normalized spacial score (nSPS) is 15.8. The highest BCUT2D eigenvalue weighted by Crippen LogP contribution is 2.32. The molecule has 1 aliphatic rings. The van der Waals surface area contributed by atoms with Crippen LogP contribution < -0.4 is 16.2 Å². The number of fused-ring (bicyclic) bond motifs is 1. The zero-order valence-corrected chi connectivity index (χ0v) is 19.3. The second kappa shape index (κ2) is 10.4. The summed E-state index contributed by atoms with van der Waals surface area (Å²) in [5.74, 6) is -1.05. The molecule has 1 aromatic heterocycles. The summed E-state index contributed by atoms with van der Waals surface area (Å²) in [5.41, 5.74) is 2.82. The molecule has 0 radical (unpaired) electrons. The molecule has 0 fully saturated rings. The summed E-state index contributed by atoms with van der Waals surface area (Å²) in [4.78, 5) is 42.8. The number of nitrogens with one attached hydrogen (secondary N) is 2. The lowest BCUT2D eigenvalue weighted by Gasteiger charge is -2.25. The Kier molecular flexibility index (Phi) is 7.18. The van der Waals surface area contributed by atoms with E-state index in [1.165, 1.54) is 16.3 Å². The molecule has 1 heterocycles. The first-order valence-electron chi connectivity index (χ1n) is 11.4. The lowest BCUT2D eigenvalue weighted by molar-refractivity contribution is -0.151. The molecule has 0 bridgehead atoms. The highest BCUT2D eigenvalue weighted by molar-refractivity contribution is 5.93. The first-order chi connectivity index (χ1) is 16.5. The van der Waals surface area contributed by atoms with Gasteiger partial charge in [0.2, 0.25) is 5.91 Å². The second-order valence-electron chi connectivity index (χ2n) is 8.32. The van der Waals surface area contributed by atoms with Crippen LogP contribution in [0, 0.1) is 0 Å². The Labute approximate surface area is 198 Å². The molecule has 176 valence electrons. The van der Waals surface area contributed by atoms with Crippen molar-refractivity contribution in [2.24, 2.45) is 0 Å². The van der Waals surface area contributed by atoms with Crippen LogP contribution in [0.5, 0.6) is 0 Å². The third-order valence-corrected chi connectivity index (χ3v) is 6.07. The van der Waals surface area contributed by atoms with Crippen molar-refractivity contribution in [1.29, 1.82) is 0 Å². The quantitative estimate of drug-likeness (QED) is 0.526. The number of anilines is 1. The van der Waals surface area contributed by atoms with Crippen molar-refractivity contribution in [3.05, 3.63) is 82.3 Å². The number of aryl methyl sites for hydroxylation is 1. The van der Waals surface area contributed by atoms with Gasteiger partial charge in [0, 0.05) is 0 Å². The van der Waals surface area contributed by atoms with E-state index < -0.39 is 23.5 Å². The highest BCUT2D eigenvalue weighted by atomic mass is 16.5. The molecule has 2 unspecified atom stereocenters. The first-order valence-corrected chi connectivity index (χ1v) is 11.4. The molecule has 2 N–H and O–H groups in total. The number of rotatable bonds is 7. The van der Waals surface area contributed by atoms with E-state index in [1.54, 1.807) is 14.0 Å². The molecule has 1 aliphatic carbocycles. The largest absolute Gasteiger partial charge is 0.456 e. The van der Waals surface area contributed by atoms with Gasteiger partial charge < -0.3 is 15.4 Å². The topological polar surface area (TPSA) is 102 Å². The van der Waals surface area contributed by atoms with E-state index in [2.05, 4.69) is 21.7 Å². The summed E-state index contributed by atoms with van der Waals surface area (Å²) in [6.45, 7) is 1.38. The standard InChI is InChI=1S/C26H28N4O4/c1-17(27-2)25(32)29-24-26(33)30(21(15-28-24)19-10-4-3-5-11-19)16-23(31)34-22-14-8-12-18-9-6-7-13-20(18)22/h3-7,9-11,13,15,17,22,27H,8,12,14,16H2,1-2H3,(H,28,29,32). The van der Waals surface area contributed by atoms with Gasteiger partial charge in [-0.1, -0.05) is 54.6 Å². The summed E-state index contributed by atoms with van der Waals surface area (Å²) in [7, 11) is 1.65. The van der Waals surface area contributed by atoms with Crippen molar-refractivity contribution in [3.8, 4) is 11.3 Å². The van der Waals surface area contributed by atoms with E-state index in [-0.39, 0.29) is 18.5 Å². The number of carbonyl (C=O) groups is 2. The Morgan fingerprint density at radius 3 is 2.65 bits per heavy atom. The average Bonchev–Trinajstić information content (AvgIpc) is 2.86.